The topological polar surface area (TPSA) is 59.4 Å². The van der Waals surface area contributed by atoms with Crippen LogP contribution in [0.2, 0.25) is 5.02 Å². The van der Waals surface area contributed by atoms with E-state index in [-0.39, 0.29) is 22.8 Å². The lowest BCUT2D eigenvalue weighted by Crippen LogP contribution is -2.10. The van der Waals surface area contributed by atoms with Crippen molar-refractivity contribution in [3.63, 3.8) is 0 Å². The number of rotatable bonds is 7. The molecular formula is C20H12ClF6NO3S. The summed E-state index contributed by atoms with van der Waals surface area (Å²) < 4.78 is 91.9. The summed E-state index contributed by atoms with van der Waals surface area (Å²) in [5, 5.41) is 8.97. The van der Waals surface area contributed by atoms with Crippen LogP contribution in [-0.2, 0) is 24.0 Å². The molecule has 0 spiro atoms. The van der Waals surface area contributed by atoms with Gasteiger partial charge in [0.1, 0.15) is 11.5 Å². The molecule has 0 aliphatic heterocycles. The first-order valence-electron chi connectivity index (χ1n) is 8.81. The first kappa shape index (κ1) is 23.9. The van der Waals surface area contributed by atoms with Crippen molar-refractivity contribution in [3.05, 3.63) is 68.8 Å². The van der Waals surface area contributed by atoms with E-state index in [1.165, 1.54) is 24.3 Å². The van der Waals surface area contributed by atoms with Crippen molar-refractivity contribution in [1.82, 2.24) is 4.37 Å². The van der Waals surface area contributed by atoms with E-state index in [2.05, 4.69) is 4.37 Å². The molecule has 0 atom stereocenters. The zero-order valence-corrected chi connectivity index (χ0v) is 17.3. The number of carboxylic acid groups (broad SMARTS) is 1. The van der Waals surface area contributed by atoms with Gasteiger partial charge in [-0.15, -0.1) is 0 Å². The van der Waals surface area contributed by atoms with Crippen molar-refractivity contribution in [2.45, 2.75) is 25.6 Å². The summed E-state index contributed by atoms with van der Waals surface area (Å²) in [7, 11) is 0. The molecule has 0 aliphatic rings. The molecule has 4 nitrogen and oxygen atoms in total. The van der Waals surface area contributed by atoms with E-state index < -0.39 is 70.8 Å². The number of carboxylic acids is 1. The Kier molecular flexibility index (Phi) is 6.99. The number of benzene rings is 2. The predicted molar refractivity (Wildman–Crippen MR) is 104 cm³/mol. The molecule has 0 aliphatic carbocycles. The number of halogens is 7. The fourth-order valence-corrected chi connectivity index (χ4v) is 3.72. The summed E-state index contributed by atoms with van der Waals surface area (Å²) in [6.45, 7) is -0.953. The molecule has 0 fully saturated rings. The van der Waals surface area contributed by atoms with Crippen LogP contribution in [0.5, 0.6) is 5.75 Å². The van der Waals surface area contributed by atoms with Gasteiger partial charge < -0.3 is 9.84 Å². The Bertz CT molecular complexity index is 1150. The number of nitrogens with zero attached hydrogens (tertiary/aromatic N) is 1. The van der Waals surface area contributed by atoms with Crippen LogP contribution in [0, 0.1) is 17.5 Å². The molecule has 3 aromatic rings. The molecule has 32 heavy (non-hydrogen) atoms. The van der Waals surface area contributed by atoms with Gasteiger partial charge in [0, 0.05) is 22.6 Å². The Hall–Kier alpha value is -2.79. The van der Waals surface area contributed by atoms with Gasteiger partial charge in [0.2, 0.25) is 5.82 Å². The van der Waals surface area contributed by atoms with Crippen molar-refractivity contribution in [2.24, 2.45) is 0 Å². The second-order valence-corrected chi connectivity index (χ2v) is 7.71. The highest BCUT2D eigenvalue weighted by atomic mass is 35.5. The monoisotopic (exact) mass is 495 g/mol. The largest absolute Gasteiger partial charge is 0.483 e. The van der Waals surface area contributed by atoms with Crippen LogP contribution >= 0.6 is 23.1 Å². The van der Waals surface area contributed by atoms with Crippen LogP contribution in [0.1, 0.15) is 22.4 Å². The molecule has 0 saturated carbocycles. The summed E-state index contributed by atoms with van der Waals surface area (Å²) in [5.74, 6) is -7.21. The van der Waals surface area contributed by atoms with Crippen molar-refractivity contribution < 1.29 is 41.0 Å². The highest BCUT2D eigenvalue weighted by Crippen LogP contribution is 2.40. The minimum absolute atomic E-state index is 0.127. The number of hydrogen-bond donors (Lipinski definition) is 1. The summed E-state index contributed by atoms with van der Waals surface area (Å²) in [6.07, 6.45) is -5.87. The summed E-state index contributed by atoms with van der Waals surface area (Å²) >= 11 is 5.92. The summed E-state index contributed by atoms with van der Waals surface area (Å²) in [4.78, 5) is 9.46. The average Bonchev–Trinajstić information content (AvgIpc) is 3.14. The number of carbonyl (C=O) groups is 1. The molecule has 1 heterocycles. The smallest absolute Gasteiger partial charge is 0.427 e. The van der Waals surface area contributed by atoms with E-state index in [0.29, 0.717) is 11.1 Å². The summed E-state index contributed by atoms with van der Waals surface area (Å²) in [6, 6.07) is 6.24. The third kappa shape index (κ3) is 5.16. The maximum atomic E-state index is 14.3. The second kappa shape index (κ2) is 9.37. The molecule has 2 aromatic carbocycles. The standard InChI is InChI=1S/C20H12ClF6NO3S/c21-11-4-1-9(2-5-11)17-12(19(32-28-17)20(25,26)27)8-31-18-13(22)7-10(3-6-14(29)30)15(23)16(18)24/h1-2,4-5,7H,3,6,8H2,(H,29,30). The molecule has 0 radical (unpaired) electrons. The third-order valence-corrected chi connectivity index (χ3v) is 5.51. The van der Waals surface area contributed by atoms with Crippen molar-refractivity contribution in [3.8, 4) is 17.0 Å². The predicted octanol–water partition coefficient (Wildman–Crippen LogP) is 6.50. The number of aryl methyl sites for hydroxylation is 1. The molecule has 0 bridgehead atoms. The van der Waals surface area contributed by atoms with Crippen LogP contribution in [0.15, 0.2) is 30.3 Å². The maximum absolute atomic E-state index is 14.3. The molecule has 0 unspecified atom stereocenters. The van der Waals surface area contributed by atoms with Gasteiger partial charge >= 0.3 is 12.1 Å². The van der Waals surface area contributed by atoms with Gasteiger partial charge in [0.15, 0.2) is 17.4 Å². The number of hydrogen-bond acceptors (Lipinski definition) is 4. The van der Waals surface area contributed by atoms with Gasteiger partial charge in [-0.1, -0.05) is 23.7 Å². The van der Waals surface area contributed by atoms with E-state index in [9.17, 15) is 31.1 Å². The van der Waals surface area contributed by atoms with Gasteiger partial charge in [0.25, 0.3) is 0 Å². The van der Waals surface area contributed by atoms with E-state index in [1.807, 2.05) is 0 Å². The zero-order valence-electron chi connectivity index (χ0n) is 15.8. The van der Waals surface area contributed by atoms with Gasteiger partial charge in [-0.3, -0.25) is 4.79 Å². The molecule has 170 valence electrons. The van der Waals surface area contributed by atoms with Crippen molar-refractivity contribution >= 4 is 29.1 Å². The van der Waals surface area contributed by atoms with Gasteiger partial charge in [0.05, 0.1) is 5.69 Å². The Balaban J connectivity index is 1.96. The quantitative estimate of drug-likeness (QED) is 0.300. The minimum Gasteiger partial charge on any atom is -0.483 e. The SMILES string of the molecule is O=C(O)CCc1cc(F)c(OCc2c(-c3ccc(Cl)cc3)nsc2C(F)(F)F)c(F)c1F. The molecule has 12 heteroatoms. The van der Waals surface area contributed by atoms with E-state index >= 15 is 0 Å². The molecule has 3 rings (SSSR count). The van der Waals surface area contributed by atoms with Crippen LogP contribution < -0.4 is 4.74 Å². The lowest BCUT2D eigenvalue weighted by Gasteiger charge is -2.13. The Morgan fingerprint density at radius 1 is 1.12 bits per heavy atom. The number of aromatic nitrogens is 1. The van der Waals surface area contributed by atoms with Crippen LogP contribution in [0.3, 0.4) is 0 Å². The zero-order chi connectivity index (χ0) is 23.6. The Morgan fingerprint density at radius 3 is 2.38 bits per heavy atom. The lowest BCUT2D eigenvalue weighted by molar-refractivity contribution is -0.137. The fourth-order valence-electron chi connectivity index (χ4n) is 2.83. The highest BCUT2D eigenvalue weighted by molar-refractivity contribution is 7.06. The Morgan fingerprint density at radius 2 is 1.78 bits per heavy atom. The first-order valence-corrected chi connectivity index (χ1v) is 9.96. The van der Waals surface area contributed by atoms with Gasteiger partial charge in [-0.2, -0.15) is 21.9 Å². The normalized spacial score (nSPS) is 11.6. The van der Waals surface area contributed by atoms with Gasteiger partial charge in [-0.05, 0) is 41.7 Å². The lowest BCUT2D eigenvalue weighted by atomic mass is 10.1. The maximum Gasteiger partial charge on any atom is 0.427 e. The molecule has 0 amide bonds. The highest BCUT2D eigenvalue weighted by Gasteiger charge is 2.38. The summed E-state index contributed by atoms with van der Waals surface area (Å²) in [5.41, 5.74) is -0.891. The van der Waals surface area contributed by atoms with Crippen LogP contribution in [0.25, 0.3) is 11.3 Å². The third-order valence-electron chi connectivity index (χ3n) is 4.32. The van der Waals surface area contributed by atoms with E-state index in [0.717, 1.165) is 0 Å². The van der Waals surface area contributed by atoms with E-state index in [4.69, 9.17) is 21.4 Å². The molecule has 1 N–H and O–H groups in total. The number of ether oxygens (including phenoxy) is 1. The van der Waals surface area contributed by atoms with E-state index in [1.54, 1.807) is 0 Å². The van der Waals surface area contributed by atoms with Crippen molar-refractivity contribution in [2.75, 3.05) is 0 Å². The second-order valence-electron chi connectivity index (χ2n) is 6.50. The molecule has 0 saturated heterocycles. The van der Waals surface area contributed by atoms with Gasteiger partial charge in [-0.25, -0.2) is 8.78 Å². The number of alkyl halides is 3. The Labute approximate surface area is 186 Å². The number of aliphatic carboxylic acids is 1. The first-order chi connectivity index (χ1) is 15.0. The minimum atomic E-state index is -4.82. The van der Waals surface area contributed by atoms with Crippen LogP contribution in [-0.4, -0.2) is 15.4 Å². The molecular weight excluding hydrogens is 484 g/mol. The van der Waals surface area contributed by atoms with Crippen molar-refractivity contribution in [1.29, 1.82) is 0 Å². The average molecular weight is 496 g/mol. The van der Waals surface area contributed by atoms with Crippen LogP contribution in [0.4, 0.5) is 26.3 Å². The molecule has 1 aromatic heterocycles. The fraction of sp³-hybridized carbons (Fsp3) is 0.200.